The summed E-state index contributed by atoms with van der Waals surface area (Å²) in [6.07, 6.45) is 0. The van der Waals surface area contributed by atoms with Gasteiger partial charge in [0.2, 0.25) is 0 Å². The zero-order chi connectivity index (χ0) is 15.3. The molecule has 3 rings (SSSR count). The summed E-state index contributed by atoms with van der Waals surface area (Å²) in [6.45, 7) is 2.12. The summed E-state index contributed by atoms with van der Waals surface area (Å²) in [6, 6.07) is 0.933. The molecule has 1 aromatic heterocycles. The van der Waals surface area contributed by atoms with Gasteiger partial charge in [0.05, 0.1) is 22.3 Å². The van der Waals surface area contributed by atoms with Gasteiger partial charge in [0.25, 0.3) is 5.56 Å². The Morgan fingerprint density at radius 3 is 2.76 bits per heavy atom. The molecule has 110 valence electrons. The first-order valence-corrected chi connectivity index (χ1v) is 6.89. The van der Waals surface area contributed by atoms with E-state index in [1.807, 2.05) is 0 Å². The third kappa shape index (κ3) is 1.80. The first-order valence-electron chi connectivity index (χ1n) is 6.36. The first kappa shape index (κ1) is 13.8. The molecule has 0 fully saturated rings. The Labute approximate surface area is 124 Å². The van der Waals surface area contributed by atoms with Crippen LogP contribution in [0.25, 0.3) is 10.8 Å². The Morgan fingerprint density at radius 2 is 2.14 bits per heavy atom. The highest BCUT2D eigenvalue weighted by Gasteiger charge is 2.30. The van der Waals surface area contributed by atoms with Gasteiger partial charge in [-0.05, 0) is 13.0 Å². The summed E-state index contributed by atoms with van der Waals surface area (Å²) in [5, 5.41) is 7.18. The maximum atomic E-state index is 14.4. The summed E-state index contributed by atoms with van der Waals surface area (Å²) in [7, 11) is 1.49. The summed E-state index contributed by atoms with van der Waals surface area (Å²) in [4.78, 5) is 25.7. The number of hydrogen-bond donors (Lipinski definition) is 1. The second-order valence-corrected chi connectivity index (χ2v) is 4.97. The quantitative estimate of drug-likeness (QED) is 0.865. The molecule has 0 spiro atoms. The SMILES string of the molecule is CCN1C(=O)Nc2c(F)c(CCl)cc3c(=O)n(C)nc1c23. The number of benzene rings is 1. The number of aromatic nitrogens is 2. The van der Waals surface area contributed by atoms with Crippen LogP contribution < -0.4 is 15.8 Å². The number of anilines is 2. The lowest BCUT2D eigenvalue weighted by Gasteiger charge is -2.28. The molecule has 1 aliphatic heterocycles. The fraction of sp³-hybridized carbons (Fsp3) is 0.308. The normalized spacial score (nSPS) is 13.7. The first-order chi connectivity index (χ1) is 9.99. The second kappa shape index (κ2) is 4.70. The highest BCUT2D eigenvalue weighted by molar-refractivity contribution is 6.19. The number of urea groups is 1. The van der Waals surface area contributed by atoms with Crippen molar-refractivity contribution in [3.63, 3.8) is 0 Å². The molecule has 21 heavy (non-hydrogen) atoms. The van der Waals surface area contributed by atoms with Gasteiger partial charge in [0.15, 0.2) is 11.6 Å². The van der Waals surface area contributed by atoms with Gasteiger partial charge >= 0.3 is 6.03 Å². The summed E-state index contributed by atoms with van der Waals surface area (Å²) in [5.41, 5.74) is -0.231. The van der Waals surface area contributed by atoms with Crippen LogP contribution in [0.5, 0.6) is 0 Å². The van der Waals surface area contributed by atoms with Crippen LogP contribution in [0.2, 0.25) is 0 Å². The van der Waals surface area contributed by atoms with Crippen LogP contribution in [-0.4, -0.2) is 22.4 Å². The van der Waals surface area contributed by atoms with E-state index in [-0.39, 0.29) is 33.9 Å². The van der Waals surface area contributed by atoms with Gasteiger partial charge in [-0.3, -0.25) is 9.69 Å². The molecule has 2 heterocycles. The highest BCUT2D eigenvalue weighted by Crippen LogP contribution is 2.37. The topological polar surface area (TPSA) is 67.2 Å². The van der Waals surface area contributed by atoms with Gasteiger partial charge in [-0.1, -0.05) is 0 Å². The van der Waals surface area contributed by atoms with Crippen LogP contribution in [0.15, 0.2) is 10.9 Å². The van der Waals surface area contributed by atoms with Crippen molar-refractivity contribution in [1.82, 2.24) is 9.78 Å². The highest BCUT2D eigenvalue weighted by atomic mass is 35.5. The Hall–Kier alpha value is -2.15. The lowest BCUT2D eigenvalue weighted by molar-refractivity contribution is 0.256. The maximum absolute atomic E-state index is 14.4. The molecule has 2 amide bonds. The molecule has 0 aliphatic carbocycles. The van der Waals surface area contributed by atoms with E-state index < -0.39 is 11.8 Å². The van der Waals surface area contributed by atoms with E-state index in [2.05, 4.69) is 10.4 Å². The molecular weight excluding hydrogens is 299 g/mol. The van der Waals surface area contributed by atoms with E-state index in [0.717, 1.165) is 4.68 Å². The van der Waals surface area contributed by atoms with Crippen molar-refractivity contribution in [2.24, 2.45) is 7.05 Å². The van der Waals surface area contributed by atoms with Crippen molar-refractivity contribution in [3.8, 4) is 0 Å². The fourth-order valence-corrected chi connectivity index (χ4v) is 2.69. The lowest BCUT2D eigenvalue weighted by atomic mass is 10.0. The molecular formula is C13H12ClFN4O2. The zero-order valence-electron chi connectivity index (χ0n) is 11.4. The minimum atomic E-state index is -0.627. The Morgan fingerprint density at radius 1 is 1.43 bits per heavy atom. The Kier molecular flexibility index (Phi) is 3.09. The number of amides is 2. The molecule has 0 radical (unpaired) electrons. The second-order valence-electron chi connectivity index (χ2n) is 4.71. The largest absolute Gasteiger partial charge is 0.327 e. The van der Waals surface area contributed by atoms with E-state index in [1.165, 1.54) is 18.0 Å². The monoisotopic (exact) mass is 310 g/mol. The van der Waals surface area contributed by atoms with E-state index in [4.69, 9.17) is 11.6 Å². The molecule has 2 aromatic rings. The molecule has 1 aromatic carbocycles. The van der Waals surface area contributed by atoms with Crippen LogP contribution in [0.4, 0.5) is 20.7 Å². The van der Waals surface area contributed by atoms with Gasteiger partial charge in [-0.2, -0.15) is 5.10 Å². The van der Waals surface area contributed by atoms with E-state index in [0.29, 0.717) is 11.9 Å². The summed E-state index contributed by atoms with van der Waals surface area (Å²) < 4.78 is 15.5. The summed E-state index contributed by atoms with van der Waals surface area (Å²) >= 11 is 5.72. The predicted molar refractivity (Wildman–Crippen MR) is 78.5 cm³/mol. The molecule has 0 saturated carbocycles. The third-order valence-corrected chi connectivity index (χ3v) is 3.81. The molecule has 0 bridgehead atoms. The van der Waals surface area contributed by atoms with Crippen molar-refractivity contribution < 1.29 is 9.18 Å². The molecule has 1 aliphatic rings. The number of rotatable bonds is 2. The van der Waals surface area contributed by atoms with Gasteiger partial charge in [0.1, 0.15) is 0 Å². The van der Waals surface area contributed by atoms with Gasteiger partial charge < -0.3 is 5.32 Å². The molecule has 8 heteroatoms. The number of nitrogens with one attached hydrogen (secondary N) is 1. The average Bonchev–Trinajstić information content (AvgIpc) is 2.46. The number of carbonyl (C=O) groups excluding carboxylic acids is 1. The zero-order valence-corrected chi connectivity index (χ0v) is 12.2. The summed E-state index contributed by atoms with van der Waals surface area (Å²) in [5.74, 6) is -0.450. The standard InChI is InChI=1S/C13H12ClFN4O2/c1-3-19-11-8-7(12(20)18(2)17-11)4-6(5-14)9(15)10(8)16-13(19)21/h4H,3,5H2,1-2H3,(H,16,21). The number of alkyl halides is 1. The van der Waals surface area contributed by atoms with Crippen LogP contribution in [-0.2, 0) is 12.9 Å². The third-order valence-electron chi connectivity index (χ3n) is 3.52. The maximum Gasteiger partial charge on any atom is 0.327 e. The minimum Gasteiger partial charge on any atom is -0.304 e. The number of aryl methyl sites for hydroxylation is 1. The van der Waals surface area contributed by atoms with E-state index in [1.54, 1.807) is 6.92 Å². The molecule has 1 N–H and O–H groups in total. The number of nitrogens with zero attached hydrogens (tertiary/aromatic N) is 3. The Balaban J connectivity index is 2.54. The lowest BCUT2D eigenvalue weighted by Crippen LogP contribution is -2.40. The number of halogens is 2. The fourth-order valence-electron chi connectivity index (χ4n) is 2.49. The predicted octanol–water partition coefficient (Wildman–Crippen LogP) is 2.18. The number of carbonyl (C=O) groups is 1. The minimum absolute atomic E-state index is 0.0296. The van der Waals surface area contributed by atoms with E-state index in [9.17, 15) is 14.0 Å². The van der Waals surface area contributed by atoms with Gasteiger partial charge in [-0.25, -0.2) is 13.9 Å². The van der Waals surface area contributed by atoms with Crippen LogP contribution in [0, 0.1) is 5.82 Å². The smallest absolute Gasteiger partial charge is 0.304 e. The van der Waals surface area contributed by atoms with Crippen molar-refractivity contribution in [3.05, 3.63) is 27.8 Å². The number of hydrogen-bond acceptors (Lipinski definition) is 3. The average molecular weight is 311 g/mol. The van der Waals surface area contributed by atoms with Gasteiger partial charge in [-0.15, -0.1) is 11.6 Å². The van der Waals surface area contributed by atoms with Crippen LogP contribution >= 0.6 is 11.6 Å². The molecule has 0 unspecified atom stereocenters. The van der Waals surface area contributed by atoms with Crippen molar-refractivity contribution in [2.75, 3.05) is 16.8 Å². The van der Waals surface area contributed by atoms with Crippen molar-refractivity contribution in [2.45, 2.75) is 12.8 Å². The molecule has 0 atom stereocenters. The van der Waals surface area contributed by atoms with Crippen LogP contribution in [0.3, 0.4) is 0 Å². The van der Waals surface area contributed by atoms with Gasteiger partial charge in [0, 0.05) is 19.2 Å². The van der Waals surface area contributed by atoms with Crippen molar-refractivity contribution >= 4 is 39.9 Å². The Bertz CT molecular complexity index is 833. The molecule has 6 nitrogen and oxygen atoms in total. The van der Waals surface area contributed by atoms with Crippen molar-refractivity contribution in [1.29, 1.82) is 0 Å². The van der Waals surface area contributed by atoms with Crippen LogP contribution in [0.1, 0.15) is 12.5 Å². The molecule has 0 saturated heterocycles. The van der Waals surface area contributed by atoms with E-state index >= 15 is 0 Å².